The summed E-state index contributed by atoms with van der Waals surface area (Å²) in [6.45, 7) is 4.36. The van der Waals surface area contributed by atoms with Crippen molar-refractivity contribution < 1.29 is 45.9 Å². The van der Waals surface area contributed by atoms with E-state index in [0.29, 0.717) is 50.5 Å². The van der Waals surface area contributed by atoms with Crippen LogP contribution in [0.1, 0.15) is 46.5 Å². The molecule has 0 spiro atoms. The summed E-state index contributed by atoms with van der Waals surface area (Å²) in [4.78, 5) is 42.9. The zero-order valence-electron chi connectivity index (χ0n) is 26.3. The Labute approximate surface area is 289 Å². The zero-order valence-corrected chi connectivity index (χ0v) is 28.6. The van der Waals surface area contributed by atoms with E-state index in [2.05, 4.69) is 0 Å². The van der Waals surface area contributed by atoms with Crippen molar-refractivity contribution in [3.63, 3.8) is 0 Å². The van der Waals surface area contributed by atoms with Gasteiger partial charge in [-0.3, -0.25) is 9.59 Å². The molecule has 0 fully saturated rings. The monoisotopic (exact) mass is 697 g/mol. The maximum absolute atomic E-state index is 14.5. The summed E-state index contributed by atoms with van der Waals surface area (Å²) in [7, 11) is 3.14. The van der Waals surface area contributed by atoms with Crippen molar-refractivity contribution in [3.8, 4) is 11.5 Å². The fourth-order valence-electron chi connectivity index (χ4n) is 5.90. The highest BCUT2D eigenvalue weighted by molar-refractivity contribution is 6.33. The number of carbonyl (C=O) groups is 3. The van der Waals surface area contributed by atoms with Gasteiger partial charge in [0.1, 0.15) is 16.9 Å². The number of halogens is 3. The molecule has 1 aromatic heterocycles. The van der Waals surface area contributed by atoms with Crippen LogP contribution in [0.3, 0.4) is 0 Å². The highest BCUT2D eigenvalue weighted by Gasteiger charge is 2.50. The van der Waals surface area contributed by atoms with E-state index in [4.69, 9.17) is 37.8 Å². The Bertz CT molecular complexity index is 1830. The van der Waals surface area contributed by atoms with Crippen LogP contribution in [0.15, 0.2) is 79.1 Å². The third-order valence-corrected chi connectivity index (χ3v) is 8.88. The Morgan fingerprint density at radius 2 is 1.77 bits per heavy atom. The molecule has 1 unspecified atom stereocenters. The number of hydrogen-bond acceptors (Lipinski definition) is 5. The van der Waals surface area contributed by atoms with Crippen LogP contribution in [0.4, 0.5) is 5.69 Å². The smallest absolute Gasteiger partial charge is 0.370 e. The van der Waals surface area contributed by atoms with Gasteiger partial charge in [-0.15, -0.1) is 0 Å². The van der Waals surface area contributed by atoms with Gasteiger partial charge in [0.15, 0.2) is 12.4 Å². The summed E-state index contributed by atoms with van der Waals surface area (Å²) in [6.07, 6.45) is 3.38. The quantitative estimate of drug-likeness (QED) is 0.242. The van der Waals surface area contributed by atoms with Crippen molar-refractivity contribution in [2.45, 2.75) is 38.9 Å². The summed E-state index contributed by atoms with van der Waals surface area (Å²) in [6, 6.07) is 19.3. The summed E-state index contributed by atoms with van der Waals surface area (Å²) in [5, 5.41) is 9.97. The molecule has 0 radical (unpaired) electrons. The molecular weight excluding hydrogens is 665 g/mol. The van der Waals surface area contributed by atoms with E-state index in [0.717, 1.165) is 11.1 Å². The molecule has 0 bridgehead atoms. The number of hydrogen-bond donors (Lipinski definition) is 1. The highest BCUT2D eigenvalue weighted by Crippen LogP contribution is 2.49. The van der Waals surface area contributed by atoms with Gasteiger partial charge >= 0.3 is 5.97 Å². The molecule has 0 aliphatic carbocycles. The normalized spacial score (nSPS) is 15.1. The standard InChI is InChI=1S/C35H33Cl2N3O6.ClH/c1-5-39(19-22-7-6-14-38(18-22)21-32(41)42)33(43)23-9-12-29(37)27(15-23)35(2)28-16-25(36)10-13-30(28)40(34(35)44)20-24-8-11-26(45-3)17-31(24)46-4;/h6-18H,5,19-21H2,1-4H3;1H. The molecule has 4 aromatic rings. The van der Waals surface area contributed by atoms with Gasteiger partial charge in [-0.25, -0.2) is 4.79 Å². The van der Waals surface area contributed by atoms with E-state index in [9.17, 15) is 14.4 Å². The molecule has 2 amide bonds. The number of nitrogens with zero attached hydrogens (tertiary/aromatic N) is 3. The molecule has 1 aliphatic rings. The molecule has 1 aliphatic heterocycles. The van der Waals surface area contributed by atoms with E-state index in [1.54, 1.807) is 90.4 Å². The molecule has 47 heavy (non-hydrogen) atoms. The number of aromatic nitrogens is 1. The van der Waals surface area contributed by atoms with Crippen LogP contribution < -0.4 is 31.3 Å². The molecule has 5 rings (SSSR count). The van der Waals surface area contributed by atoms with E-state index in [1.807, 2.05) is 31.2 Å². The van der Waals surface area contributed by atoms with Gasteiger partial charge in [-0.1, -0.05) is 23.2 Å². The van der Waals surface area contributed by atoms with Gasteiger partial charge in [-0.05, 0) is 79.6 Å². The van der Waals surface area contributed by atoms with Crippen LogP contribution in [-0.4, -0.2) is 48.6 Å². The molecule has 0 saturated heterocycles. The maximum atomic E-state index is 14.5. The Balaban J connectivity index is 0.00000500. The Morgan fingerprint density at radius 1 is 1.00 bits per heavy atom. The largest absolute Gasteiger partial charge is 1.00 e. The SMILES string of the molecule is CCN(Cc1ccc[n+](CC(=O)O)c1)C(=O)c1ccc(Cl)c(C2(C)C(=O)N(Cc3ccc(OC)cc3OC)c3ccc(Cl)cc32)c1.[Cl-]. The fourth-order valence-corrected chi connectivity index (χ4v) is 6.38. The van der Waals surface area contributed by atoms with Gasteiger partial charge < -0.3 is 36.8 Å². The number of carboxylic acids is 1. The lowest BCUT2D eigenvalue weighted by atomic mass is 9.76. The van der Waals surface area contributed by atoms with Crippen molar-refractivity contribution in [3.05, 3.63) is 117 Å². The first-order valence-electron chi connectivity index (χ1n) is 14.6. The molecule has 1 N–H and O–H groups in total. The van der Waals surface area contributed by atoms with Crippen LogP contribution >= 0.6 is 23.2 Å². The van der Waals surface area contributed by atoms with Crippen molar-refractivity contribution in [2.75, 3.05) is 25.7 Å². The predicted molar refractivity (Wildman–Crippen MR) is 175 cm³/mol. The third kappa shape index (κ3) is 7.02. The van der Waals surface area contributed by atoms with Crippen LogP contribution in [0.2, 0.25) is 10.0 Å². The Kier molecular flexibility index (Phi) is 11.1. The minimum Gasteiger partial charge on any atom is -1.00 e. The summed E-state index contributed by atoms with van der Waals surface area (Å²) < 4.78 is 12.5. The lowest BCUT2D eigenvalue weighted by molar-refractivity contribution is -0.686. The van der Waals surface area contributed by atoms with E-state index >= 15 is 0 Å². The number of carboxylic acid groups (broad SMARTS) is 1. The zero-order chi connectivity index (χ0) is 33.2. The van der Waals surface area contributed by atoms with Crippen LogP contribution in [0.25, 0.3) is 0 Å². The number of ether oxygens (including phenoxy) is 2. The number of amides is 2. The van der Waals surface area contributed by atoms with E-state index in [-0.39, 0.29) is 43.9 Å². The van der Waals surface area contributed by atoms with Crippen molar-refractivity contribution in [1.82, 2.24) is 4.90 Å². The molecular formula is C35H34Cl3N3O6. The van der Waals surface area contributed by atoms with Crippen molar-refractivity contribution in [2.24, 2.45) is 0 Å². The lowest BCUT2D eigenvalue weighted by Crippen LogP contribution is -3.00. The van der Waals surface area contributed by atoms with Gasteiger partial charge in [0, 0.05) is 51.1 Å². The Morgan fingerprint density at radius 3 is 2.45 bits per heavy atom. The first-order chi connectivity index (χ1) is 22.0. The number of fused-ring (bicyclic) bond motifs is 1. The van der Waals surface area contributed by atoms with Gasteiger partial charge in [0.2, 0.25) is 12.5 Å². The minimum absolute atomic E-state index is 0. The summed E-state index contributed by atoms with van der Waals surface area (Å²) >= 11 is 13.3. The maximum Gasteiger partial charge on any atom is 0.370 e. The van der Waals surface area contributed by atoms with Crippen molar-refractivity contribution in [1.29, 1.82) is 0 Å². The lowest BCUT2D eigenvalue weighted by Gasteiger charge is -2.28. The summed E-state index contributed by atoms with van der Waals surface area (Å²) in [5.74, 6) is -0.235. The Hall–Kier alpha value is -4.31. The molecule has 246 valence electrons. The highest BCUT2D eigenvalue weighted by atomic mass is 35.5. The second kappa shape index (κ2) is 14.6. The minimum atomic E-state index is -1.26. The molecule has 2 heterocycles. The first kappa shape index (κ1) is 35.5. The molecule has 0 saturated carbocycles. The van der Waals surface area contributed by atoms with Gasteiger partial charge in [-0.2, -0.15) is 4.57 Å². The predicted octanol–water partition coefficient (Wildman–Crippen LogP) is 2.90. The number of benzene rings is 3. The average molecular weight is 699 g/mol. The van der Waals surface area contributed by atoms with E-state index < -0.39 is 11.4 Å². The van der Waals surface area contributed by atoms with Crippen molar-refractivity contribution >= 4 is 46.7 Å². The first-order valence-corrected chi connectivity index (χ1v) is 15.4. The number of carbonyl (C=O) groups excluding carboxylic acids is 2. The molecule has 9 nitrogen and oxygen atoms in total. The molecule has 12 heteroatoms. The number of pyridine rings is 1. The fraction of sp³-hybridized carbons (Fsp3) is 0.257. The molecule has 1 atom stereocenters. The van der Waals surface area contributed by atoms with Crippen LogP contribution in [-0.2, 0) is 34.6 Å². The second-order valence-corrected chi connectivity index (χ2v) is 12.0. The topological polar surface area (TPSA) is 100 Å². The molecule has 3 aromatic carbocycles. The number of rotatable bonds is 11. The number of aliphatic carboxylic acids is 1. The number of anilines is 1. The summed E-state index contributed by atoms with van der Waals surface area (Å²) in [5.41, 5.74) is 2.49. The van der Waals surface area contributed by atoms with Crippen LogP contribution in [0.5, 0.6) is 11.5 Å². The van der Waals surface area contributed by atoms with Crippen LogP contribution in [0, 0.1) is 0 Å². The number of methoxy groups -OCH3 is 2. The van der Waals surface area contributed by atoms with E-state index in [1.165, 1.54) is 0 Å². The van der Waals surface area contributed by atoms with Gasteiger partial charge in [0.25, 0.3) is 5.91 Å². The average Bonchev–Trinajstić information content (AvgIpc) is 3.25. The third-order valence-electron chi connectivity index (χ3n) is 8.32. The second-order valence-electron chi connectivity index (χ2n) is 11.1. The van der Waals surface area contributed by atoms with Gasteiger partial charge in [0.05, 0.1) is 27.3 Å².